The summed E-state index contributed by atoms with van der Waals surface area (Å²) in [5.74, 6) is -1.02. The first kappa shape index (κ1) is 8.07. The van der Waals surface area contributed by atoms with Crippen LogP contribution in [0.25, 0.3) is 11.0 Å². The van der Waals surface area contributed by atoms with Crippen molar-refractivity contribution in [1.82, 2.24) is 9.97 Å². The standard InChI is InChI=1S/C8H5ClN2O2/c9-6-3-4(8(12)13)7-5(11-6)1-2-10-7/h1-3,10H,(H,12,13). The SMILES string of the molecule is O=C(O)c1cc(Cl)nc2cc[nH]c12. The number of hydrogen-bond acceptors (Lipinski definition) is 2. The molecule has 0 unspecified atom stereocenters. The average molecular weight is 197 g/mol. The first-order valence-electron chi connectivity index (χ1n) is 3.55. The monoisotopic (exact) mass is 196 g/mol. The van der Waals surface area contributed by atoms with Crippen LogP contribution in [-0.4, -0.2) is 21.0 Å². The number of carboxylic acid groups (broad SMARTS) is 1. The lowest BCUT2D eigenvalue weighted by Crippen LogP contribution is -1.98. The number of pyridine rings is 1. The molecule has 0 saturated heterocycles. The quantitative estimate of drug-likeness (QED) is 0.685. The van der Waals surface area contributed by atoms with Gasteiger partial charge in [-0.25, -0.2) is 9.78 Å². The third-order valence-corrected chi connectivity index (χ3v) is 1.91. The number of aromatic carboxylic acids is 1. The molecular formula is C8H5ClN2O2. The van der Waals surface area contributed by atoms with Crippen LogP contribution in [0.3, 0.4) is 0 Å². The Labute approximate surface area is 78.2 Å². The molecule has 2 heterocycles. The van der Waals surface area contributed by atoms with Crippen LogP contribution in [0.4, 0.5) is 0 Å². The molecule has 0 aliphatic carbocycles. The Morgan fingerprint density at radius 1 is 1.62 bits per heavy atom. The molecule has 0 aliphatic rings. The summed E-state index contributed by atoms with van der Waals surface area (Å²) in [4.78, 5) is 17.5. The average Bonchev–Trinajstić information content (AvgIpc) is 2.49. The van der Waals surface area contributed by atoms with E-state index in [2.05, 4.69) is 9.97 Å². The van der Waals surface area contributed by atoms with E-state index >= 15 is 0 Å². The van der Waals surface area contributed by atoms with Crippen LogP contribution in [0, 0.1) is 0 Å². The summed E-state index contributed by atoms with van der Waals surface area (Å²) in [7, 11) is 0. The highest BCUT2D eigenvalue weighted by Gasteiger charge is 2.11. The van der Waals surface area contributed by atoms with Crippen molar-refractivity contribution in [2.24, 2.45) is 0 Å². The molecule has 2 aromatic rings. The van der Waals surface area contributed by atoms with Gasteiger partial charge < -0.3 is 10.1 Å². The van der Waals surface area contributed by atoms with Gasteiger partial charge in [-0.1, -0.05) is 11.6 Å². The molecule has 2 aromatic heterocycles. The molecule has 0 aromatic carbocycles. The Morgan fingerprint density at radius 2 is 2.38 bits per heavy atom. The van der Waals surface area contributed by atoms with Gasteiger partial charge in [-0.3, -0.25) is 0 Å². The number of aromatic amines is 1. The second-order valence-corrected chi connectivity index (χ2v) is 2.92. The summed E-state index contributed by atoms with van der Waals surface area (Å²) >= 11 is 5.64. The molecule has 0 bridgehead atoms. The summed E-state index contributed by atoms with van der Waals surface area (Å²) in [6.45, 7) is 0. The predicted molar refractivity (Wildman–Crippen MR) is 48.1 cm³/mol. The third kappa shape index (κ3) is 1.25. The molecule has 2 rings (SSSR count). The maximum Gasteiger partial charge on any atom is 0.338 e. The van der Waals surface area contributed by atoms with Gasteiger partial charge in [0.2, 0.25) is 0 Å². The van der Waals surface area contributed by atoms with Crippen molar-refractivity contribution >= 4 is 28.6 Å². The summed E-state index contributed by atoms with van der Waals surface area (Å²) in [6, 6.07) is 3.00. The Bertz CT molecular complexity index is 478. The summed E-state index contributed by atoms with van der Waals surface area (Å²) in [6.07, 6.45) is 1.63. The zero-order chi connectivity index (χ0) is 9.42. The number of rotatable bonds is 1. The minimum absolute atomic E-state index is 0.139. The van der Waals surface area contributed by atoms with Crippen molar-refractivity contribution < 1.29 is 9.90 Å². The summed E-state index contributed by atoms with van der Waals surface area (Å²) < 4.78 is 0. The van der Waals surface area contributed by atoms with E-state index in [4.69, 9.17) is 16.7 Å². The zero-order valence-electron chi connectivity index (χ0n) is 6.41. The molecule has 0 aliphatic heterocycles. The first-order chi connectivity index (χ1) is 6.18. The molecule has 0 saturated carbocycles. The second kappa shape index (κ2) is 2.74. The summed E-state index contributed by atoms with van der Waals surface area (Å²) in [5.41, 5.74) is 1.20. The van der Waals surface area contributed by atoms with Gasteiger partial charge in [0.15, 0.2) is 0 Å². The normalized spacial score (nSPS) is 10.5. The van der Waals surface area contributed by atoms with Gasteiger partial charge in [0.25, 0.3) is 0 Å². The van der Waals surface area contributed by atoms with Crippen LogP contribution in [0.1, 0.15) is 10.4 Å². The highest BCUT2D eigenvalue weighted by molar-refractivity contribution is 6.30. The predicted octanol–water partition coefficient (Wildman–Crippen LogP) is 1.91. The fourth-order valence-corrected chi connectivity index (χ4v) is 1.38. The van der Waals surface area contributed by atoms with Gasteiger partial charge in [0, 0.05) is 6.20 Å². The van der Waals surface area contributed by atoms with Crippen LogP contribution in [-0.2, 0) is 0 Å². The number of aromatic nitrogens is 2. The molecule has 4 nitrogen and oxygen atoms in total. The topological polar surface area (TPSA) is 66.0 Å². The second-order valence-electron chi connectivity index (χ2n) is 2.54. The molecule has 66 valence electrons. The highest BCUT2D eigenvalue weighted by Crippen LogP contribution is 2.19. The van der Waals surface area contributed by atoms with Gasteiger partial charge in [0.1, 0.15) is 5.15 Å². The van der Waals surface area contributed by atoms with Crippen LogP contribution in [0.5, 0.6) is 0 Å². The lowest BCUT2D eigenvalue weighted by molar-refractivity contribution is 0.0699. The molecule has 0 fully saturated rings. The molecule has 5 heteroatoms. The van der Waals surface area contributed by atoms with E-state index < -0.39 is 5.97 Å². The molecule has 2 N–H and O–H groups in total. The number of H-pyrrole nitrogens is 1. The molecule has 0 radical (unpaired) electrons. The van der Waals surface area contributed by atoms with Gasteiger partial charge >= 0.3 is 5.97 Å². The number of fused-ring (bicyclic) bond motifs is 1. The maximum absolute atomic E-state index is 10.8. The number of halogens is 1. The maximum atomic E-state index is 10.8. The van der Waals surface area contributed by atoms with E-state index in [-0.39, 0.29) is 10.7 Å². The first-order valence-corrected chi connectivity index (χ1v) is 3.93. The lowest BCUT2D eigenvalue weighted by Gasteiger charge is -1.97. The van der Waals surface area contributed by atoms with Crippen LogP contribution < -0.4 is 0 Å². The molecule has 0 amide bonds. The van der Waals surface area contributed by atoms with E-state index in [1.54, 1.807) is 12.3 Å². The van der Waals surface area contributed by atoms with Crippen molar-refractivity contribution in [3.8, 4) is 0 Å². The van der Waals surface area contributed by atoms with Crippen LogP contribution in [0.2, 0.25) is 5.15 Å². The molecule has 13 heavy (non-hydrogen) atoms. The fraction of sp³-hybridized carbons (Fsp3) is 0. The van der Waals surface area contributed by atoms with E-state index in [0.29, 0.717) is 11.0 Å². The van der Waals surface area contributed by atoms with Crippen molar-refractivity contribution in [3.63, 3.8) is 0 Å². The highest BCUT2D eigenvalue weighted by atomic mass is 35.5. The lowest BCUT2D eigenvalue weighted by atomic mass is 10.2. The van der Waals surface area contributed by atoms with Crippen molar-refractivity contribution in [2.75, 3.05) is 0 Å². The Balaban J connectivity index is 2.84. The van der Waals surface area contributed by atoms with E-state index in [9.17, 15) is 4.79 Å². The fourth-order valence-electron chi connectivity index (χ4n) is 1.18. The Kier molecular flexibility index (Phi) is 1.70. The molecule has 0 spiro atoms. The smallest absolute Gasteiger partial charge is 0.338 e. The minimum atomic E-state index is -1.02. The van der Waals surface area contributed by atoms with Crippen molar-refractivity contribution in [2.45, 2.75) is 0 Å². The van der Waals surface area contributed by atoms with Crippen LogP contribution in [0.15, 0.2) is 18.3 Å². The minimum Gasteiger partial charge on any atom is -0.478 e. The number of hydrogen-bond donors (Lipinski definition) is 2. The van der Waals surface area contributed by atoms with Crippen molar-refractivity contribution in [1.29, 1.82) is 0 Å². The third-order valence-electron chi connectivity index (χ3n) is 1.72. The Morgan fingerprint density at radius 3 is 3.08 bits per heavy atom. The number of nitrogens with one attached hydrogen (secondary N) is 1. The van der Waals surface area contributed by atoms with Gasteiger partial charge in [-0.2, -0.15) is 0 Å². The number of carbonyl (C=O) groups is 1. The molecular weight excluding hydrogens is 192 g/mol. The van der Waals surface area contributed by atoms with Gasteiger partial charge in [-0.05, 0) is 12.1 Å². The zero-order valence-corrected chi connectivity index (χ0v) is 7.17. The van der Waals surface area contributed by atoms with Crippen LogP contribution >= 0.6 is 11.6 Å². The number of carboxylic acids is 1. The summed E-state index contributed by atoms with van der Waals surface area (Å²) in [5, 5.41) is 9.00. The Hall–Kier alpha value is -1.55. The van der Waals surface area contributed by atoms with Crippen molar-refractivity contribution in [3.05, 3.63) is 29.0 Å². The van der Waals surface area contributed by atoms with Gasteiger partial charge in [0.05, 0.1) is 16.6 Å². The van der Waals surface area contributed by atoms with E-state index in [0.717, 1.165) is 0 Å². The van der Waals surface area contributed by atoms with Gasteiger partial charge in [-0.15, -0.1) is 0 Å². The number of nitrogens with zero attached hydrogens (tertiary/aromatic N) is 1. The van der Waals surface area contributed by atoms with E-state index in [1.165, 1.54) is 6.07 Å². The van der Waals surface area contributed by atoms with E-state index in [1.807, 2.05) is 0 Å². The largest absolute Gasteiger partial charge is 0.478 e. The molecule has 0 atom stereocenters.